The van der Waals surface area contributed by atoms with E-state index in [4.69, 9.17) is 18.9 Å². The van der Waals surface area contributed by atoms with E-state index in [9.17, 15) is 24.6 Å². The normalized spacial score (nSPS) is 19.6. The predicted octanol–water partition coefficient (Wildman–Crippen LogP) is 3.70. The third-order valence-electron chi connectivity index (χ3n) is 8.62. The number of aliphatic hydroxyl groups excluding tert-OH is 2. The Bertz CT molecular complexity index is 1410. The van der Waals surface area contributed by atoms with Crippen LogP contribution >= 0.6 is 22.6 Å². The average molecular weight is 751 g/mol. The number of benzene rings is 2. The number of carbonyl (C=O) groups excluding carboxylic acids is 3. The summed E-state index contributed by atoms with van der Waals surface area (Å²) >= 11 is 2.03. The van der Waals surface area contributed by atoms with Crippen LogP contribution in [0.1, 0.15) is 54.4 Å². The molecule has 0 aromatic heterocycles. The third kappa shape index (κ3) is 8.71. The second-order valence-electron chi connectivity index (χ2n) is 11.5. The molecule has 46 heavy (non-hydrogen) atoms. The van der Waals surface area contributed by atoms with Gasteiger partial charge in [-0.15, -0.1) is 0 Å². The van der Waals surface area contributed by atoms with Gasteiger partial charge in [0.1, 0.15) is 30.0 Å². The number of rotatable bonds is 15. The van der Waals surface area contributed by atoms with Gasteiger partial charge < -0.3 is 39.4 Å². The van der Waals surface area contributed by atoms with Crippen molar-refractivity contribution in [2.75, 3.05) is 41.0 Å². The molecule has 2 aliphatic carbocycles. The predicted molar refractivity (Wildman–Crippen MR) is 180 cm³/mol. The Morgan fingerprint density at radius 3 is 2.46 bits per heavy atom. The highest BCUT2D eigenvalue weighted by Gasteiger charge is 2.41. The topological polar surface area (TPSA) is 144 Å². The van der Waals surface area contributed by atoms with Gasteiger partial charge >= 0.3 is 0 Å². The molecule has 4 rings (SSSR count). The highest BCUT2D eigenvalue weighted by Crippen LogP contribution is 2.37. The molecule has 1 fully saturated rings. The Hall–Kier alpha value is -3.36. The molecule has 0 bridgehead atoms. The lowest BCUT2D eigenvalue weighted by atomic mass is 9.87. The van der Waals surface area contributed by atoms with Crippen molar-refractivity contribution in [3.8, 4) is 23.0 Å². The fourth-order valence-corrected chi connectivity index (χ4v) is 6.96. The largest absolute Gasteiger partial charge is 0.497 e. The Labute approximate surface area is 283 Å². The Balaban J connectivity index is 1.71. The van der Waals surface area contributed by atoms with E-state index in [1.165, 1.54) is 13.2 Å². The smallest absolute Gasteiger partial charge is 0.247 e. The first-order chi connectivity index (χ1) is 22.2. The highest BCUT2D eigenvalue weighted by atomic mass is 127. The number of halogens is 1. The molecule has 1 saturated carbocycles. The number of amides is 2. The number of aldehydes is 1. The lowest BCUT2D eigenvalue weighted by molar-refractivity contribution is -0.139. The van der Waals surface area contributed by atoms with E-state index in [0.29, 0.717) is 56.8 Å². The van der Waals surface area contributed by atoms with Crippen LogP contribution in [-0.2, 0) is 16.0 Å². The van der Waals surface area contributed by atoms with Gasteiger partial charge in [-0.1, -0.05) is 12.8 Å². The van der Waals surface area contributed by atoms with Gasteiger partial charge in [0.2, 0.25) is 11.8 Å². The zero-order chi connectivity index (χ0) is 33.2. The number of ether oxygens (including phenoxy) is 4. The summed E-state index contributed by atoms with van der Waals surface area (Å²) in [6, 6.07) is 7.86. The molecule has 0 spiro atoms. The van der Waals surface area contributed by atoms with Crippen LogP contribution in [0.15, 0.2) is 42.0 Å². The maximum absolute atomic E-state index is 14.1. The van der Waals surface area contributed by atoms with Gasteiger partial charge in [0.05, 0.1) is 37.5 Å². The van der Waals surface area contributed by atoms with E-state index in [2.05, 4.69) is 5.32 Å². The van der Waals surface area contributed by atoms with Crippen LogP contribution < -0.4 is 24.3 Å². The van der Waals surface area contributed by atoms with Crippen LogP contribution in [0.4, 0.5) is 0 Å². The molecule has 0 aliphatic heterocycles. The molecule has 2 aliphatic rings. The summed E-state index contributed by atoms with van der Waals surface area (Å²) in [6.45, 7) is 0.0650. The van der Waals surface area contributed by atoms with E-state index in [-0.39, 0.29) is 37.9 Å². The first-order valence-corrected chi connectivity index (χ1v) is 16.6. The summed E-state index contributed by atoms with van der Waals surface area (Å²) in [4.78, 5) is 40.5. The number of hydrogen-bond acceptors (Lipinski definition) is 9. The lowest BCUT2D eigenvalue weighted by Gasteiger charge is -2.41. The maximum Gasteiger partial charge on any atom is 0.247 e. The Morgan fingerprint density at radius 2 is 1.80 bits per heavy atom. The minimum absolute atomic E-state index is 0.0494. The maximum atomic E-state index is 14.1. The van der Waals surface area contributed by atoms with Gasteiger partial charge in [0.25, 0.3) is 0 Å². The first-order valence-electron chi connectivity index (χ1n) is 15.5. The monoisotopic (exact) mass is 750 g/mol. The van der Waals surface area contributed by atoms with Gasteiger partial charge in [-0.05, 0) is 89.7 Å². The van der Waals surface area contributed by atoms with E-state index < -0.39 is 24.2 Å². The Morgan fingerprint density at radius 1 is 1.07 bits per heavy atom. The molecule has 0 unspecified atom stereocenters. The molecule has 0 radical (unpaired) electrons. The fourth-order valence-electron chi connectivity index (χ4n) is 6.21. The summed E-state index contributed by atoms with van der Waals surface area (Å²) in [6.07, 6.45) is 4.99. The minimum atomic E-state index is -1.21. The third-order valence-corrected chi connectivity index (χ3v) is 9.43. The molecule has 3 atom stereocenters. The van der Waals surface area contributed by atoms with Crippen molar-refractivity contribution in [2.24, 2.45) is 5.92 Å². The summed E-state index contributed by atoms with van der Waals surface area (Å²) < 4.78 is 23.4. The summed E-state index contributed by atoms with van der Waals surface area (Å²) in [7, 11) is 4.62. The first kappa shape index (κ1) is 35.5. The molecule has 11 nitrogen and oxygen atoms in total. The van der Waals surface area contributed by atoms with Crippen LogP contribution in [0.25, 0.3) is 0 Å². The van der Waals surface area contributed by atoms with Crippen LogP contribution in [0.5, 0.6) is 23.0 Å². The average Bonchev–Trinajstić information content (AvgIpc) is 3.58. The van der Waals surface area contributed by atoms with Gasteiger partial charge in [-0.25, -0.2) is 0 Å². The van der Waals surface area contributed by atoms with Gasteiger partial charge in [0.15, 0.2) is 11.5 Å². The second kappa shape index (κ2) is 17.0. The van der Waals surface area contributed by atoms with Crippen molar-refractivity contribution in [3.05, 3.63) is 56.7 Å². The van der Waals surface area contributed by atoms with E-state index in [1.807, 2.05) is 34.7 Å². The van der Waals surface area contributed by atoms with Crippen LogP contribution in [0.3, 0.4) is 0 Å². The lowest BCUT2D eigenvalue weighted by Crippen LogP contribution is -2.55. The van der Waals surface area contributed by atoms with Crippen molar-refractivity contribution in [1.82, 2.24) is 10.2 Å². The number of hydrogen-bond donors (Lipinski definition) is 3. The quantitative estimate of drug-likeness (QED) is 0.184. The van der Waals surface area contributed by atoms with E-state index in [1.54, 1.807) is 37.3 Å². The highest BCUT2D eigenvalue weighted by molar-refractivity contribution is 14.1. The summed E-state index contributed by atoms with van der Waals surface area (Å²) in [5, 5.41) is 23.9. The zero-order valence-corrected chi connectivity index (χ0v) is 28.7. The van der Waals surface area contributed by atoms with E-state index in [0.717, 1.165) is 31.2 Å². The minimum Gasteiger partial charge on any atom is -0.497 e. The molecule has 2 aromatic carbocycles. The van der Waals surface area contributed by atoms with Crippen LogP contribution in [0, 0.1) is 9.49 Å². The molecule has 12 heteroatoms. The zero-order valence-electron chi connectivity index (χ0n) is 26.5. The molecule has 3 N–H and O–H groups in total. The number of aliphatic hydroxyl groups is 2. The van der Waals surface area contributed by atoms with Crippen LogP contribution in [0.2, 0.25) is 0 Å². The number of carbonyl (C=O) groups is 3. The van der Waals surface area contributed by atoms with Gasteiger partial charge in [-0.2, -0.15) is 0 Å². The molecule has 2 amide bonds. The Kier molecular flexibility index (Phi) is 13.1. The van der Waals surface area contributed by atoms with Crippen LogP contribution in [-0.4, -0.2) is 92.5 Å². The molecule has 0 heterocycles. The number of nitrogens with one attached hydrogen (secondary N) is 1. The molecule has 0 saturated heterocycles. The SMILES string of the molecule is COc1ccc(OC)c(CCN(C(=O)CC2CCCC2)[C@@H]2CC(C(=O)NCCO)=C[C@H](Oc3c(I)cc(C=O)cc3OC)[C@H]2O)c1. The number of methoxy groups -OCH3 is 3. The number of nitrogens with zero attached hydrogens (tertiary/aromatic N) is 1. The van der Waals surface area contributed by atoms with E-state index >= 15 is 0 Å². The van der Waals surface area contributed by atoms with Crippen molar-refractivity contribution >= 4 is 40.7 Å². The standard InChI is InChI=1S/C34H43IN2O9/c1-43-25-8-9-28(44-2)23(17-25)10-12-37(31(40)16-21-6-4-5-7-21)27-18-24(34(42)36-11-13-38)19-29(32(27)41)46-33-26(35)14-22(20-39)15-30(33)45-3/h8-9,14-15,17,19-21,27,29,32,38,41H,4-7,10-13,16,18H2,1-3H3,(H,36,42)/t27-,29+,32+/m1/s1. The summed E-state index contributed by atoms with van der Waals surface area (Å²) in [5.74, 6) is 1.64. The van der Waals surface area contributed by atoms with Crippen molar-refractivity contribution in [1.29, 1.82) is 0 Å². The summed E-state index contributed by atoms with van der Waals surface area (Å²) in [5.41, 5.74) is 1.56. The molecule has 2 aromatic rings. The molecular weight excluding hydrogens is 707 g/mol. The fraction of sp³-hybridized carbons (Fsp3) is 0.500. The second-order valence-corrected chi connectivity index (χ2v) is 12.7. The molecule has 250 valence electrons. The molecular formula is C34H43IN2O9. The van der Waals surface area contributed by atoms with Crippen molar-refractivity contribution < 1.29 is 43.5 Å². The van der Waals surface area contributed by atoms with Gasteiger partial charge in [-0.3, -0.25) is 14.4 Å². The van der Waals surface area contributed by atoms with Gasteiger partial charge in [0, 0.05) is 37.1 Å². The van der Waals surface area contributed by atoms with Crippen molar-refractivity contribution in [3.63, 3.8) is 0 Å². The van der Waals surface area contributed by atoms with Crippen molar-refractivity contribution in [2.45, 2.75) is 63.2 Å².